The molecule has 13 heavy (non-hydrogen) atoms. The van der Waals surface area contributed by atoms with Crippen LogP contribution < -0.4 is 0 Å². The highest BCUT2D eigenvalue weighted by atomic mass is 31.0. The molecule has 0 bridgehead atoms. The molecule has 0 amide bonds. The van der Waals surface area contributed by atoms with Gasteiger partial charge in [0.05, 0.1) is 17.1 Å². The van der Waals surface area contributed by atoms with Gasteiger partial charge in [0, 0.05) is 11.1 Å². The fourth-order valence-electron chi connectivity index (χ4n) is 1.44. The van der Waals surface area contributed by atoms with Crippen LogP contribution in [0.4, 0.5) is 0 Å². The Labute approximate surface area is 79.0 Å². The van der Waals surface area contributed by atoms with Crippen molar-refractivity contribution in [2.24, 2.45) is 0 Å². The van der Waals surface area contributed by atoms with Crippen LogP contribution in [-0.4, -0.2) is 4.34 Å². The molecule has 0 N–H and O–H groups in total. The molecule has 0 aliphatic heterocycles. The Kier molecular flexibility index (Phi) is 1.83. The van der Waals surface area contributed by atoms with Crippen LogP contribution in [0.25, 0.3) is 10.9 Å². The average Bonchev–Trinajstić information content (AvgIpc) is 2.42. The first-order valence-electron chi connectivity index (χ1n) is 3.99. The van der Waals surface area contributed by atoms with Gasteiger partial charge in [0.1, 0.15) is 0 Å². The largest absolute Gasteiger partial charge is 0.329 e. The van der Waals surface area contributed by atoms with Gasteiger partial charge in [-0.1, -0.05) is 0 Å². The van der Waals surface area contributed by atoms with E-state index in [4.69, 9.17) is 5.26 Å². The first-order chi connectivity index (χ1) is 6.22. The van der Waals surface area contributed by atoms with Gasteiger partial charge in [-0.2, -0.15) is 5.26 Å². The van der Waals surface area contributed by atoms with E-state index in [9.17, 15) is 0 Å². The Hall–Kier alpha value is -1.32. The summed E-state index contributed by atoms with van der Waals surface area (Å²) in [7, 11) is 2.65. The van der Waals surface area contributed by atoms with Crippen LogP contribution in [0.3, 0.4) is 0 Å². The summed E-state index contributed by atoms with van der Waals surface area (Å²) in [4.78, 5) is 0. The minimum absolute atomic E-state index is 0.711. The predicted octanol–water partition coefficient (Wildman–Crippen LogP) is 2.46. The standard InChI is InChI=1S/C10H9N2P/c1-7-4-9-5-8(6-11)2-3-10(9)12(7)13/h2-5H,13H2,1H3. The van der Waals surface area contributed by atoms with Gasteiger partial charge in [0.15, 0.2) is 0 Å². The molecule has 0 saturated heterocycles. The van der Waals surface area contributed by atoms with Gasteiger partial charge in [0.2, 0.25) is 0 Å². The molecule has 1 unspecified atom stereocenters. The summed E-state index contributed by atoms with van der Waals surface area (Å²) in [5.41, 5.74) is 3.03. The van der Waals surface area contributed by atoms with Crippen LogP contribution in [0.5, 0.6) is 0 Å². The predicted molar refractivity (Wildman–Crippen MR) is 56.5 cm³/mol. The zero-order valence-electron chi connectivity index (χ0n) is 7.28. The molecule has 2 aromatic rings. The fourth-order valence-corrected chi connectivity index (χ4v) is 1.75. The molecule has 2 nitrogen and oxygen atoms in total. The molecule has 1 aromatic carbocycles. The third-order valence-electron chi connectivity index (χ3n) is 2.16. The maximum absolute atomic E-state index is 8.71. The number of benzene rings is 1. The van der Waals surface area contributed by atoms with Crippen LogP contribution >= 0.6 is 9.39 Å². The molecule has 1 aromatic heterocycles. The van der Waals surface area contributed by atoms with Gasteiger partial charge in [-0.15, -0.1) is 0 Å². The molecule has 0 saturated carbocycles. The lowest BCUT2D eigenvalue weighted by atomic mass is 10.2. The molecule has 1 heterocycles. The fraction of sp³-hybridized carbons (Fsp3) is 0.100. The molecule has 0 aliphatic rings. The van der Waals surface area contributed by atoms with Crippen LogP contribution in [0.2, 0.25) is 0 Å². The van der Waals surface area contributed by atoms with E-state index in [1.54, 1.807) is 0 Å². The van der Waals surface area contributed by atoms with E-state index in [0.717, 1.165) is 10.9 Å². The highest BCUT2D eigenvalue weighted by Crippen LogP contribution is 2.22. The van der Waals surface area contributed by atoms with Gasteiger partial charge in [-0.3, -0.25) is 0 Å². The highest BCUT2D eigenvalue weighted by molar-refractivity contribution is 7.15. The van der Waals surface area contributed by atoms with Crippen molar-refractivity contribution in [1.29, 1.82) is 5.26 Å². The van der Waals surface area contributed by atoms with E-state index in [-0.39, 0.29) is 0 Å². The topological polar surface area (TPSA) is 28.7 Å². The Morgan fingerprint density at radius 3 is 2.85 bits per heavy atom. The second-order valence-corrected chi connectivity index (χ2v) is 3.56. The van der Waals surface area contributed by atoms with Crippen LogP contribution in [-0.2, 0) is 0 Å². The lowest BCUT2D eigenvalue weighted by molar-refractivity contribution is 1.22. The summed E-state index contributed by atoms with van der Waals surface area (Å²) < 4.78 is 2.04. The lowest BCUT2D eigenvalue weighted by Crippen LogP contribution is -1.80. The third-order valence-corrected chi connectivity index (χ3v) is 2.85. The third kappa shape index (κ3) is 1.22. The monoisotopic (exact) mass is 188 g/mol. The van der Waals surface area contributed by atoms with Crippen molar-refractivity contribution < 1.29 is 0 Å². The molecule has 1 atom stereocenters. The minimum Gasteiger partial charge on any atom is -0.329 e. The van der Waals surface area contributed by atoms with Crippen LogP contribution in [0.1, 0.15) is 11.3 Å². The zero-order chi connectivity index (χ0) is 9.42. The van der Waals surface area contributed by atoms with Crippen molar-refractivity contribution in [1.82, 2.24) is 4.34 Å². The van der Waals surface area contributed by atoms with Crippen molar-refractivity contribution in [3.8, 4) is 6.07 Å². The molecule has 64 valence electrons. The summed E-state index contributed by atoms with van der Waals surface area (Å²) >= 11 is 0. The average molecular weight is 188 g/mol. The van der Waals surface area contributed by atoms with Gasteiger partial charge < -0.3 is 4.34 Å². The Morgan fingerprint density at radius 1 is 1.38 bits per heavy atom. The highest BCUT2D eigenvalue weighted by Gasteiger charge is 2.02. The summed E-state index contributed by atoms with van der Waals surface area (Å²) in [5.74, 6) is 0. The maximum Gasteiger partial charge on any atom is 0.0991 e. The van der Waals surface area contributed by atoms with E-state index in [0.29, 0.717) is 5.56 Å². The van der Waals surface area contributed by atoms with Crippen molar-refractivity contribution in [3.63, 3.8) is 0 Å². The normalized spacial score (nSPS) is 10.2. The molecule has 0 fully saturated rings. The maximum atomic E-state index is 8.71. The molecular formula is C10H9N2P. The lowest BCUT2D eigenvalue weighted by Gasteiger charge is -1.97. The molecule has 0 radical (unpaired) electrons. The van der Waals surface area contributed by atoms with Gasteiger partial charge >= 0.3 is 0 Å². The first kappa shape index (κ1) is 8.29. The van der Waals surface area contributed by atoms with Gasteiger partial charge in [-0.05, 0) is 40.6 Å². The molecule has 2 rings (SSSR count). The Bertz CT molecular complexity index is 505. The van der Waals surface area contributed by atoms with E-state index < -0.39 is 0 Å². The molecule has 0 spiro atoms. The summed E-state index contributed by atoms with van der Waals surface area (Å²) in [6, 6.07) is 9.91. The van der Waals surface area contributed by atoms with Crippen LogP contribution in [0.15, 0.2) is 24.3 Å². The minimum atomic E-state index is 0.711. The Balaban J connectivity index is 2.82. The summed E-state index contributed by atoms with van der Waals surface area (Å²) in [5, 5.41) is 9.83. The number of rotatable bonds is 0. The van der Waals surface area contributed by atoms with E-state index >= 15 is 0 Å². The summed E-state index contributed by atoms with van der Waals surface area (Å²) in [6.07, 6.45) is 0. The number of nitriles is 1. The number of aryl methyl sites for hydroxylation is 1. The van der Waals surface area contributed by atoms with E-state index in [2.05, 4.69) is 21.5 Å². The van der Waals surface area contributed by atoms with Crippen LogP contribution in [0, 0.1) is 18.3 Å². The summed E-state index contributed by atoms with van der Waals surface area (Å²) in [6.45, 7) is 2.04. The van der Waals surface area contributed by atoms with Crippen molar-refractivity contribution in [3.05, 3.63) is 35.5 Å². The van der Waals surface area contributed by atoms with E-state index in [1.165, 1.54) is 5.69 Å². The molecule has 3 heteroatoms. The van der Waals surface area contributed by atoms with Crippen molar-refractivity contribution in [2.45, 2.75) is 6.92 Å². The second-order valence-electron chi connectivity index (χ2n) is 3.04. The zero-order valence-corrected chi connectivity index (χ0v) is 8.44. The molecule has 0 aliphatic carbocycles. The SMILES string of the molecule is Cc1cc2cc(C#N)ccc2n1P. The first-order valence-corrected chi connectivity index (χ1v) is 4.51. The van der Waals surface area contributed by atoms with Crippen molar-refractivity contribution in [2.75, 3.05) is 0 Å². The van der Waals surface area contributed by atoms with Crippen molar-refractivity contribution >= 4 is 20.3 Å². The van der Waals surface area contributed by atoms with Gasteiger partial charge in [0.25, 0.3) is 0 Å². The number of hydrogen-bond donors (Lipinski definition) is 0. The molecular weight excluding hydrogens is 179 g/mol. The van der Waals surface area contributed by atoms with E-state index in [1.807, 2.05) is 29.5 Å². The number of aromatic nitrogens is 1. The quantitative estimate of drug-likeness (QED) is 0.584. The number of hydrogen-bond acceptors (Lipinski definition) is 1. The number of fused-ring (bicyclic) bond motifs is 1. The Morgan fingerprint density at radius 2 is 2.15 bits per heavy atom. The smallest absolute Gasteiger partial charge is 0.0991 e. The second kappa shape index (κ2) is 2.87. The number of nitrogens with zero attached hydrogens (tertiary/aromatic N) is 2. The van der Waals surface area contributed by atoms with Gasteiger partial charge in [-0.25, -0.2) is 0 Å².